The second-order valence-corrected chi connectivity index (χ2v) is 12.9. The van der Waals surface area contributed by atoms with E-state index in [4.69, 9.17) is 0 Å². The molecule has 4 atom stereocenters. The molecule has 1 fully saturated rings. The zero-order valence-corrected chi connectivity index (χ0v) is 23.0. The molecule has 1 N–H and O–H groups in total. The van der Waals surface area contributed by atoms with Gasteiger partial charge in [-0.15, -0.1) is 0 Å². The van der Waals surface area contributed by atoms with Crippen LogP contribution in [0.25, 0.3) is 0 Å². The molecule has 4 aromatic carbocycles. The topological polar surface area (TPSA) is 49.4 Å². The molecule has 4 nitrogen and oxygen atoms in total. The minimum Gasteiger partial charge on any atom is -0.380 e. The van der Waals surface area contributed by atoms with Gasteiger partial charge >= 0.3 is 0 Å². The maximum Gasteiger partial charge on any atom is 0.243 e. The van der Waals surface area contributed by atoms with Crippen molar-refractivity contribution in [2.45, 2.75) is 36.2 Å². The van der Waals surface area contributed by atoms with E-state index in [0.29, 0.717) is 17.9 Å². The third-order valence-corrected chi connectivity index (χ3v) is 10.2. The number of sulfonamides is 1. The Balaban J connectivity index is 1.49. The van der Waals surface area contributed by atoms with E-state index in [0.717, 1.165) is 21.3 Å². The van der Waals surface area contributed by atoms with Crippen molar-refractivity contribution in [1.29, 1.82) is 0 Å². The first-order chi connectivity index (χ1) is 17.9. The Labute approximate surface area is 227 Å². The lowest BCUT2D eigenvalue weighted by Gasteiger charge is -2.39. The molecule has 6 heteroatoms. The third-order valence-electron chi connectivity index (χ3n) is 7.81. The third kappa shape index (κ3) is 4.52. The van der Waals surface area contributed by atoms with Crippen LogP contribution in [-0.2, 0) is 16.4 Å². The summed E-state index contributed by atoms with van der Waals surface area (Å²) in [5.41, 5.74) is 5.67. The number of hydrogen-bond donors (Lipinski definition) is 1. The maximum atomic E-state index is 14.2. The van der Waals surface area contributed by atoms with Crippen molar-refractivity contribution in [2.75, 3.05) is 11.9 Å². The van der Waals surface area contributed by atoms with Gasteiger partial charge in [-0.25, -0.2) is 8.42 Å². The van der Waals surface area contributed by atoms with Gasteiger partial charge < -0.3 is 5.32 Å². The molecule has 6 rings (SSSR count). The molecule has 188 valence electrons. The predicted molar refractivity (Wildman–Crippen MR) is 152 cm³/mol. The second kappa shape index (κ2) is 9.75. The van der Waals surface area contributed by atoms with Crippen LogP contribution in [0.3, 0.4) is 0 Å². The summed E-state index contributed by atoms with van der Waals surface area (Å²) in [6.45, 7) is 2.43. The van der Waals surface area contributed by atoms with E-state index >= 15 is 0 Å². The van der Waals surface area contributed by atoms with Crippen LogP contribution in [0.15, 0.2) is 112 Å². The number of rotatable bonds is 5. The fourth-order valence-corrected chi connectivity index (χ4v) is 8.12. The average molecular weight is 574 g/mol. The van der Waals surface area contributed by atoms with Crippen molar-refractivity contribution >= 4 is 31.6 Å². The van der Waals surface area contributed by atoms with Gasteiger partial charge in [-0.3, -0.25) is 0 Å². The number of anilines is 1. The van der Waals surface area contributed by atoms with Crippen molar-refractivity contribution < 1.29 is 8.42 Å². The SMILES string of the molecule is Cc1ccc(S(=O)(=O)N2C[C@@H]3[C@H](c4ccccc4)c4cc(Br)ccc4N[C@H]3[C@@H]2Cc2ccccc2)cc1. The van der Waals surface area contributed by atoms with Gasteiger partial charge in [0, 0.05) is 40.6 Å². The minimum absolute atomic E-state index is 0.0284. The summed E-state index contributed by atoms with van der Waals surface area (Å²) >= 11 is 3.67. The summed E-state index contributed by atoms with van der Waals surface area (Å²) in [5, 5.41) is 3.79. The summed E-state index contributed by atoms with van der Waals surface area (Å²) in [4.78, 5) is 0.353. The van der Waals surface area contributed by atoms with Gasteiger partial charge in [0.1, 0.15) is 0 Å². The van der Waals surface area contributed by atoms with Crippen LogP contribution in [0, 0.1) is 12.8 Å². The summed E-state index contributed by atoms with van der Waals surface area (Å²) in [6, 6.07) is 34.1. The highest BCUT2D eigenvalue weighted by Gasteiger charge is 2.52. The molecule has 0 bridgehead atoms. The van der Waals surface area contributed by atoms with Crippen molar-refractivity contribution in [3.63, 3.8) is 0 Å². The number of nitrogens with zero attached hydrogens (tertiary/aromatic N) is 1. The highest BCUT2D eigenvalue weighted by molar-refractivity contribution is 9.10. The number of halogens is 1. The molecule has 0 aliphatic carbocycles. The monoisotopic (exact) mass is 572 g/mol. The maximum absolute atomic E-state index is 14.2. The molecule has 0 unspecified atom stereocenters. The lowest BCUT2D eigenvalue weighted by atomic mass is 9.73. The first-order valence-corrected chi connectivity index (χ1v) is 14.9. The first kappa shape index (κ1) is 24.4. The molecule has 0 radical (unpaired) electrons. The summed E-state index contributed by atoms with van der Waals surface area (Å²) in [7, 11) is -3.70. The molecule has 2 heterocycles. The number of fused-ring (bicyclic) bond motifs is 2. The summed E-state index contributed by atoms with van der Waals surface area (Å²) in [6.07, 6.45) is 0.646. The van der Waals surface area contributed by atoms with E-state index in [9.17, 15) is 8.42 Å². The highest BCUT2D eigenvalue weighted by atomic mass is 79.9. The molecular weight excluding hydrogens is 544 g/mol. The van der Waals surface area contributed by atoms with Crippen LogP contribution in [0.5, 0.6) is 0 Å². The van der Waals surface area contributed by atoms with E-state index in [1.807, 2.05) is 43.3 Å². The van der Waals surface area contributed by atoms with Gasteiger partial charge in [0.25, 0.3) is 0 Å². The Morgan fingerprint density at radius 2 is 1.57 bits per heavy atom. The second-order valence-electron chi connectivity index (χ2n) is 10.1. The zero-order valence-electron chi connectivity index (χ0n) is 20.6. The van der Waals surface area contributed by atoms with Crippen LogP contribution >= 0.6 is 15.9 Å². The molecule has 0 aromatic heterocycles. The Hall–Kier alpha value is -2.93. The standard InChI is InChI=1S/C31H29BrN2O2S/c1-21-12-15-25(16-13-21)37(35,36)34-20-27-30(23-10-6-3-7-11-23)26-19-24(32)14-17-28(26)33-31(27)29(34)18-22-8-4-2-5-9-22/h2-17,19,27,29-31,33H,18,20H2,1H3/t27-,29+,30-,31-/m1/s1. The van der Waals surface area contributed by atoms with E-state index in [1.54, 1.807) is 16.4 Å². The van der Waals surface area contributed by atoms with Gasteiger partial charge in [-0.1, -0.05) is 94.3 Å². The molecule has 0 amide bonds. The van der Waals surface area contributed by atoms with Crippen LogP contribution < -0.4 is 5.32 Å². The Bertz CT molecular complexity index is 1510. The molecule has 0 spiro atoms. The fourth-order valence-electron chi connectivity index (χ4n) is 6.06. The Kier molecular flexibility index (Phi) is 6.43. The normalized spacial score (nSPS) is 23.2. The summed E-state index contributed by atoms with van der Waals surface area (Å²) < 4.78 is 31.1. The van der Waals surface area contributed by atoms with Gasteiger partial charge in [-0.05, 0) is 60.4 Å². The minimum atomic E-state index is -3.70. The smallest absolute Gasteiger partial charge is 0.243 e. The molecule has 2 aliphatic heterocycles. The lowest BCUT2D eigenvalue weighted by molar-refractivity contribution is 0.375. The first-order valence-electron chi connectivity index (χ1n) is 12.7. The molecular formula is C31H29BrN2O2S. The van der Waals surface area contributed by atoms with E-state index in [-0.39, 0.29) is 23.9 Å². The van der Waals surface area contributed by atoms with E-state index < -0.39 is 10.0 Å². The highest BCUT2D eigenvalue weighted by Crippen LogP contribution is 2.49. The van der Waals surface area contributed by atoms with Gasteiger partial charge in [0.2, 0.25) is 10.0 Å². The van der Waals surface area contributed by atoms with Crippen molar-refractivity contribution in [2.24, 2.45) is 5.92 Å². The number of nitrogens with one attached hydrogen (secondary N) is 1. The van der Waals surface area contributed by atoms with Crippen LogP contribution in [0.2, 0.25) is 0 Å². The quantitative estimate of drug-likeness (QED) is 0.292. The molecule has 1 saturated heterocycles. The van der Waals surface area contributed by atoms with Crippen molar-refractivity contribution in [1.82, 2.24) is 4.31 Å². The summed E-state index contributed by atoms with van der Waals surface area (Å²) in [5.74, 6) is 0.162. The Morgan fingerprint density at radius 1 is 0.892 bits per heavy atom. The molecule has 2 aliphatic rings. The average Bonchev–Trinajstić information content (AvgIpc) is 3.27. The molecule has 0 saturated carbocycles. The number of benzene rings is 4. The van der Waals surface area contributed by atoms with Gasteiger partial charge in [0.15, 0.2) is 0 Å². The van der Waals surface area contributed by atoms with Crippen molar-refractivity contribution in [3.05, 3.63) is 130 Å². The van der Waals surface area contributed by atoms with Crippen LogP contribution in [0.4, 0.5) is 5.69 Å². The zero-order chi connectivity index (χ0) is 25.6. The van der Waals surface area contributed by atoms with Crippen molar-refractivity contribution in [3.8, 4) is 0 Å². The van der Waals surface area contributed by atoms with Gasteiger partial charge in [0.05, 0.1) is 4.90 Å². The van der Waals surface area contributed by atoms with E-state index in [1.165, 1.54) is 11.1 Å². The number of aryl methyl sites for hydroxylation is 1. The largest absolute Gasteiger partial charge is 0.380 e. The van der Waals surface area contributed by atoms with E-state index in [2.05, 4.69) is 75.8 Å². The van der Waals surface area contributed by atoms with Gasteiger partial charge in [-0.2, -0.15) is 4.31 Å². The predicted octanol–water partition coefficient (Wildman–Crippen LogP) is 6.62. The van der Waals surface area contributed by atoms with Crippen LogP contribution in [0.1, 0.15) is 28.2 Å². The fraction of sp³-hybridized carbons (Fsp3) is 0.226. The Morgan fingerprint density at radius 3 is 2.27 bits per heavy atom. The van der Waals surface area contributed by atoms with Crippen LogP contribution in [-0.4, -0.2) is 31.4 Å². The lowest BCUT2D eigenvalue weighted by Crippen LogP contribution is -2.46. The molecule has 4 aromatic rings. The number of hydrogen-bond acceptors (Lipinski definition) is 3. The molecule has 37 heavy (non-hydrogen) atoms.